The van der Waals surface area contributed by atoms with Crippen molar-refractivity contribution >= 4 is 10.9 Å². The smallest absolute Gasteiger partial charge is 0.123 e. The molecule has 0 spiro atoms. The Morgan fingerprint density at radius 3 is 2.90 bits per heavy atom. The highest BCUT2D eigenvalue weighted by molar-refractivity contribution is 5.85. The number of H-pyrrole nitrogens is 1. The monoisotopic (exact) mass is 281 g/mol. The largest absolute Gasteiger partial charge is 0.361 e. The lowest BCUT2D eigenvalue weighted by Crippen LogP contribution is -2.26. The van der Waals surface area contributed by atoms with E-state index < -0.39 is 0 Å². The van der Waals surface area contributed by atoms with E-state index in [1.54, 1.807) is 12.7 Å². The summed E-state index contributed by atoms with van der Waals surface area (Å²) in [5, 5.41) is 9.07. The molecule has 4 rings (SSSR count). The number of rotatable bonds is 3. The van der Waals surface area contributed by atoms with Gasteiger partial charge < -0.3 is 9.88 Å². The molecule has 3 heterocycles. The van der Waals surface area contributed by atoms with Crippen LogP contribution in [0.2, 0.25) is 0 Å². The molecule has 1 N–H and O–H groups in total. The first-order valence-corrected chi connectivity index (χ1v) is 7.46. The molecule has 1 aliphatic rings. The Labute approximate surface area is 123 Å². The van der Waals surface area contributed by atoms with E-state index in [0.29, 0.717) is 6.04 Å². The quantitative estimate of drug-likeness (QED) is 0.802. The minimum Gasteiger partial charge on any atom is -0.361 e. The third kappa shape index (κ3) is 2.23. The highest BCUT2D eigenvalue weighted by Crippen LogP contribution is 2.26. The summed E-state index contributed by atoms with van der Waals surface area (Å²) in [4.78, 5) is 5.87. The second kappa shape index (κ2) is 5.00. The van der Waals surface area contributed by atoms with Crippen LogP contribution in [0.4, 0.5) is 0 Å². The van der Waals surface area contributed by atoms with Crippen molar-refractivity contribution in [1.82, 2.24) is 24.6 Å². The number of hydrogen-bond acceptors (Lipinski definition) is 3. The summed E-state index contributed by atoms with van der Waals surface area (Å²) in [6.07, 6.45) is 9.36. The predicted octanol–water partition coefficient (Wildman–Crippen LogP) is 2.39. The lowest BCUT2D eigenvalue weighted by Gasteiger charge is -2.18. The van der Waals surface area contributed by atoms with E-state index in [4.69, 9.17) is 0 Å². The molecular formula is C16H19N5. The van der Waals surface area contributed by atoms with Crippen LogP contribution in [0, 0.1) is 0 Å². The van der Waals surface area contributed by atoms with Crippen molar-refractivity contribution in [3.8, 4) is 5.69 Å². The number of benzene rings is 1. The van der Waals surface area contributed by atoms with E-state index in [-0.39, 0.29) is 0 Å². The Morgan fingerprint density at radius 2 is 2.14 bits per heavy atom. The van der Waals surface area contributed by atoms with Crippen molar-refractivity contribution in [2.24, 2.45) is 0 Å². The molecule has 5 nitrogen and oxygen atoms in total. The molecule has 1 fully saturated rings. The van der Waals surface area contributed by atoms with Crippen LogP contribution in [-0.2, 0) is 6.42 Å². The van der Waals surface area contributed by atoms with Crippen LogP contribution < -0.4 is 0 Å². The Morgan fingerprint density at radius 1 is 1.29 bits per heavy atom. The molecule has 0 bridgehead atoms. The molecule has 0 aliphatic carbocycles. The van der Waals surface area contributed by atoms with Crippen molar-refractivity contribution in [3.05, 3.63) is 42.6 Å². The van der Waals surface area contributed by atoms with Gasteiger partial charge in [-0.2, -0.15) is 0 Å². The van der Waals surface area contributed by atoms with Gasteiger partial charge in [-0.3, -0.25) is 4.57 Å². The zero-order valence-corrected chi connectivity index (χ0v) is 12.2. The number of likely N-dealkylation sites (N-methyl/N-ethyl adjacent to an activating group) is 1. The van der Waals surface area contributed by atoms with Crippen molar-refractivity contribution in [2.45, 2.75) is 25.3 Å². The normalized spacial score (nSPS) is 19.6. The van der Waals surface area contributed by atoms with Gasteiger partial charge in [-0.15, -0.1) is 10.2 Å². The van der Waals surface area contributed by atoms with Gasteiger partial charge in [0, 0.05) is 28.8 Å². The fourth-order valence-electron chi connectivity index (χ4n) is 3.32. The molecule has 1 aliphatic heterocycles. The van der Waals surface area contributed by atoms with Gasteiger partial charge in [0.2, 0.25) is 0 Å². The lowest BCUT2D eigenvalue weighted by molar-refractivity contribution is 0.310. The van der Waals surface area contributed by atoms with Crippen LogP contribution in [0.3, 0.4) is 0 Å². The number of aromatic nitrogens is 4. The van der Waals surface area contributed by atoms with Gasteiger partial charge >= 0.3 is 0 Å². The van der Waals surface area contributed by atoms with E-state index in [9.17, 15) is 0 Å². The minimum absolute atomic E-state index is 0.669. The van der Waals surface area contributed by atoms with Crippen LogP contribution in [-0.4, -0.2) is 44.3 Å². The van der Waals surface area contributed by atoms with Gasteiger partial charge in [0.05, 0.1) is 0 Å². The summed E-state index contributed by atoms with van der Waals surface area (Å²) in [6, 6.07) is 7.11. The van der Waals surface area contributed by atoms with E-state index in [1.165, 1.54) is 35.9 Å². The third-order valence-corrected chi connectivity index (χ3v) is 4.59. The number of hydrogen-bond donors (Lipinski definition) is 1. The summed E-state index contributed by atoms with van der Waals surface area (Å²) in [7, 11) is 2.23. The van der Waals surface area contributed by atoms with Crippen LogP contribution in [0.25, 0.3) is 16.6 Å². The first-order valence-electron chi connectivity index (χ1n) is 7.46. The standard InChI is InChI=1S/C16H19N5/c1-20-6-2-3-13(20)7-12-9-17-16-5-4-14(8-15(12)16)21-10-18-19-11-21/h4-5,8-11,13,17H,2-3,6-7H2,1H3/t13-/m0/s1. The number of fused-ring (bicyclic) bond motifs is 1. The molecule has 0 unspecified atom stereocenters. The third-order valence-electron chi connectivity index (χ3n) is 4.59. The maximum absolute atomic E-state index is 3.88. The zero-order chi connectivity index (χ0) is 14.2. The summed E-state index contributed by atoms with van der Waals surface area (Å²) in [5.74, 6) is 0. The second-order valence-corrected chi connectivity index (χ2v) is 5.89. The van der Waals surface area contributed by atoms with Gasteiger partial charge in [0.1, 0.15) is 12.7 Å². The maximum atomic E-state index is 3.88. The molecule has 1 atom stereocenters. The molecule has 108 valence electrons. The maximum Gasteiger partial charge on any atom is 0.123 e. The van der Waals surface area contributed by atoms with E-state index >= 15 is 0 Å². The fraction of sp³-hybridized carbons (Fsp3) is 0.375. The van der Waals surface area contributed by atoms with Gasteiger partial charge in [-0.25, -0.2) is 0 Å². The van der Waals surface area contributed by atoms with Crippen molar-refractivity contribution < 1.29 is 0 Å². The number of nitrogens with zero attached hydrogens (tertiary/aromatic N) is 4. The summed E-state index contributed by atoms with van der Waals surface area (Å²) in [6.45, 7) is 1.22. The molecule has 5 heteroatoms. The van der Waals surface area contributed by atoms with Crippen molar-refractivity contribution in [3.63, 3.8) is 0 Å². The Hall–Kier alpha value is -2.14. The van der Waals surface area contributed by atoms with E-state index in [1.807, 2.05) is 4.57 Å². The van der Waals surface area contributed by atoms with Gasteiger partial charge in [0.25, 0.3) is 0 Å². The average Bonchev–Trinajstić information content (AvgIpc) is 3.22. The van der Waals surface area contributed by atoms with Crippen LogP contribution in [0.15, 0.2) is 37.1 Å². The molecule has 1 aromatic carbocycles. The Kier molecular flexibility index (Phi) is 3.00. The molecule has 0 amide bonds. The lowest BCUT2D eigenvalue weighted by atomic mass is 10.0. The molecule has 2 aromatic heterocycles. The zero-order valence-electron chi connectivity index (χ0n) is 12.2. The number of aromatic amines is 1. The minimum atomic E-state index is 0.669. The molecule has 21 heavy (non-hydrogen) atoms. The van der Waals surface area contributed by atoms with Crippen molar-refractivity contribution in [2.75, 3.05) is 13.6 Å². The molecule has 0 radical (unpaired) electrons. The van der Waals surface area contributed by atoms with E-state index in [0.717, 1.165) is 12.1 Å². The highest BCUT2D eigenvalue weighted by Gasteiger charge is 2.22. The first kappa shape index (κ1) is 12.6. The highest BCUT2D eigenvalue weighted by atomic mass is 15.2. The molecule has 1 saturated heterocycles. The summed E-state index contributed by atoms with van der Waals surface area (Å²) in [5.41, 5.74) is 3.70. The van der Waals surface area contributed by atoms with Crippen LogP contribution in [0.1, 0.15) is 18.4 Å². The number of likely N-dealkylation sites (tertiary alicyclic amines) is 1. The predicted molar refractivity (Wildman–Crippen MR) is 82.6 cm³/mol. The van der Waals surface area contributed by atoms with Crippen molar-refractivity contribution in [1.29, 1.82) is 0 Å². The topological polar surface area (TPSA) is 49.7 Å². The van der Waals surface area contributed by atoms with Crippen LogP contribution in [0.5, 0.6) is 0 Å². The summed E-state index contributed by atoms with van der Waals surface area (Å²) < 4.78 is 1.94. The summed E-state index contributed by atoms with van der Waals surface area (Å²) >= 11 is 0. The van der Waals surface area contributed by atoms with Gasteiger partial charge in [-0.1, -0.05) is 0 Å². The molecular weight excluding hydrogens is 262 g/mol. The second-order valence-electron chi connectivity index (χ2n) is 5.89. The fourth-order valence-corrected chi connectivity index (χ4v) is 3.32. The van der Waals surface area contributed by atoms with Gasteiger partial charge in [0.15, 0.2) is 0 Å². The average molecular weight is 281 g/mol. The molecule has 3 aromatic rings. The SMILES string of the molecule is CN1CCC[C@H]1Cc1c[nH]c2ccc(-n3cnnc3)cc12. The Balaban J connectivity index is 1.70. The first-order chi connectivity index (χ1) is 10.3. The number of nitrogens with one attached hydrogen (secondary N) is 1. The van der Waals surface area contributed by atoms with E-state index in [2.05, 4.69) is 51.5 Å². The molecule has 0 saturated carbocycles. The van der Waals surface area contributed by atoms with Crippen LogP contribution >= 0.6 is 0 Å². The Bertz CT molecular complexity index is 743. The van der Waals surface area contributed by atoms with Gasteiger partial charge in [-0.05, 0) is 56.6 Å².